The molecular formula is C28H29BrO5. The molecule has 0 fully saturated rings. The predicted molar refractivity (Wildman–Crippen MR) is 135 cm³/mol. The van der Waals surface area contributed by atoms with Gasteiger partial charge in [0, 0.05) is 10.0 Å². The Morgan fingerprint density at radius 3 is 2.29 bits per heavy atom. The molecule has 0 aliphatic rings. The maximum Gasteiger partial charge on any atom is 0.349 e. The van der Waals surface area contributed by atoms with Gasteiger partial charge in [-0.3, -0.25) is 0 Å². The van der Waals surface area contributed by atoms with Crippen LogP contribution in [0.3, 0.4) is 0 Å². The van der Waals surface area contributed by atoms with Crippen LogP contribution in [-0.4, -0.2) is 25.2 Å². The zero-order chi connectivity index (χ0) is 24.6. The molecule has 0 aliphatic carbocycles. The van der Waals surface area contributed by atoms with Crippen molar-refractivity contribution in [3.05, 3.63) is 94.0 Å². The molecule has 0 heterocycles. The third-order valence-corrected chi connectivity index (χ3v) is 5.60. The Bertz CT molecular complexity index is 1100. The molecule has 3 aromatic carbocycles. The summed E-state index contributed by atoms with van der Waals surface area (Å²) in [5, 5.41) is 0. The molecule has 0 spiro atoms. The second-order valence-electron chi connectivity index (χ2n) is 8.90. The van der Waals surface area contributed by atoms with Crippen molar-refractivity contribution in [2.75, 3.05) is 13.2 Å². The summed E-state index contributed by atoms with van der Waals surface area (Å²) in [5.41, 5.74) is 2.46. The molecule has 34 heavy (non-hydrogen) atoms. The summed E-state index contributed by atoms with van der Waals surface area (Å²) < 4.78 is 17.4. The second kappa shape index (κ2) is 11.8. The van der Waals surface area contributed by atoms with Crippen LogP contribution in [0.1, 0.15) is 48.7 Å². The number of aryl methyl sites for hydroxylation is 1. The van der Waals surface area contributed by atoms with Gasteiger partial charge >= 0.3 is 11.9 Å². The smallest absolute Gasteiger partial charge is 0.349 e. The molecule has 0 aliphatic heterocycles. The van der Waals surface area contributed by atoms with Gasteiger partial charge in [0.2, 0.25) is 0 Å². The lowest BCUT2D eigenvalue weighted by Crippen LogP contribution is -2.20. The van der Waals surface area contributed by atoms with Crippen LogP contribution in [-0.2, 0) is 21.4 Å². The highest BCUT2D eigenvalue weighted by Crippen LogP contribution is 2.33. The zero-order valence-electron chi connectivity index (χ0n) is 19.7. The summed E-state index contributed by atoms with van der Waals surface area (Å²) in [7, 11) is 0. The topological polar surface area (TPSA) is 61.8 Å². The Balaban J connectivity index is 1.46. The van der Waals surface area contributed by atoms with Gasteiger partial charge in [-0.05, 0) is 66.3 Å². The SMILES string of the molecule is CC(C)(C)c1cc(Br)ccc1OCC(=O)Oc1ccc(C(=O)OCCCc2ccccc2)cc1. The average Bonchev–Trinajstić information content (AvgIpc) is 2.81. The molecule has 0 atom stereocenters. The van der Waals surface area contributed by atoms with Crippen molar-refractivity contribution >= 4 is 27.9 Å². The van der Waals surface area contributed by atoms with E-state index < -0.39 is 11.9 Å². The van der Waals surface area contributed by atoms with Gasteiger partial charge in [0.1, 0.15) is 11.5 Å². The highest BCUT2D eigenvalue weighted by Gasteiger charge is 2.20. The first-order valence-electron chi connectivity index (χ1n) is 11.2. The lowest BCUT2D eigenvalue weighted by atomic mass is 9.86. The lowest BCUT2D eigenvalue weighted by Gasteiger charge is -2.23. The van der Waals surface area contributed by atoms with Crippen molar-refractivity contribution in [2.24, 2.45) is 0 Å². The number of rotatable bonds is 9. The van der Waals surface area contributed by atoms with Crippen LogP contribution in [0.5, 0.6) is 11.5 Å². The van der Waals surface area contributed by atoms with E-state index >= 15 is 0 Å². The minimum atomic E-state index is -0.529. The van der Waals surface area contributed by atoms with Gasteiger partial charge in [-0.25, -0.2) is 9.59 Å². The number of carbonyl (C=O) groups is 2. The number of esters is 2. The van der Waals surface area contributed by atoms with Crippen molar-refractivity contribution in [2.45, 2.75) is 39.0 Å². The van der Waals surface area contributed by atoms with Crippen molar-refractivity contribution in [1.29, 1.82) is 0 Å². The monoisotopic (exact) mass is 524 g/mol. The molecule has 3 aromatic rings. The molecule has 0 saturated heterocycles. The van der Waals surface area contributed by atoms with Crippen LogP contribution in [0.25, 0.3) is 0 Å². The predicted octanol–water partition coefficient (Wildman–Crippen LogP) is 6.52. The first-order valence-corrected chi connectivity index (χ1v) is 12.0. The van der Waals surface area contributed by atoms with E-state index in [-0.39, 0.29) is 12.0 Å². The van der Waals surface area contributed by atoms with Gasteiger partial charge in [-0.15, -0.1) is 0 Å². The molecule has 0 aromatic heterocycles. The minimum absolute atomic E-state index is 0.144. The van der Waals surface area contributed by atoms with E-state index in [4.69, 9.17) is 14.2 Å². The number of carbonyl (C=O) groups excluding carboxylic acids is 2. The van der Waals surface area contributed by atoms with E-state index in [1.54, 1.807) is 24.3 Å². The van der Waals surface area contributed by atoms with Crippen LogP contribution in [0.2, 0.25) is 0 Å². The maximum atomic E-state index is 12.3. The maximum absolute atomic E-state index is 12.3. The Labute approximate surface area is 209 Å². The molecule has 5 nitrogen and oxygen atoms in total. The molecule has 178 valence electrons. The fourth-order valence-corrected chi connectivity index (χ4v) is 3.70. The highest BCUT2D eigenvalue weighted by atomic mass is 79.9. The lowest BCUT2D eigenvalue weighted by molar-refractivity contribution is -0.136. The molecule has 0 amide bonds. The van der Waals surface area contributed by atoms with Crippen molar-refractivity contribution in [3.8, 4) is 11.5 Å². The van der Waals surface area contributed by atoms with Gasteiger partial charge in [0.15, 0.2) is 6.61 Å². The summed E-state index contributed by atoms with van der Waals surface area (Å²) in [6.45, 7) is 6.35. The summed E-state index contributed by atoms with van der Waals surface area (Å²) in [6.07, 6.45) is 1.60. The van der Waals surface area contributed by atoms with Gasteiger partial charge in [-0.1, -0.05) is 67.0 Å². The van der Waals surface area contributed by atoms with Crippen LogP contribution < -0.4 is 9.47 Å². The molecule has 0 radical (unpaired) electrons. The van der Waals surface area contributed by atoms with Crippen LogP contribution in [0.15, 0.2) is 77.3 Å². The largest absolute Gasteiger partial charge is 0.482 e. The summed E-state index contributed by atoms with van der Waals surface area (Å²) >= 11 is 3.48. The quantitative estimate of drug-likeness (QED) is 0.181. The zero-order valence-corrected chi connectivity index (χ0v) is 21.3. The van der Waals surface area contributed by atoms with E-state index in [0.717, 1.165) is 22.9 Å². The van der Waals surface area contributed by atoms with E-state index in [2.05, 4.69) is 48.8 Å². The van der Waals surface area contributed by atoms with Crippen molar-refractivity contribution in [1.82, 2.24) is 0 Å². The molecule has 0 unspecified atom stereocenters. The van der Waals surface area contributed by atoms with Crippen LogP contribution in [0, 0.1) is 0 Å². The van der Waals surface area contributed by atoms with Gasteiger partial charge in [0.05, 0.1) is 12.2 Å². The number of hydrogen-bond donors (Lipinski definition) is 0. The average molecular weight is 525 g/mol. The van der Waals surface area contributed by atoms with Crippen LogP contribution >= 0.6 is 15.9 Å². The van der Waals surface area contributed by atoms with E-state index in [0.29, 0.717) is 23.7 Å². The third-order valence-electron chi connectivity index (χ3n) is 5.10. The number of ether oxygens (including phenoxy) is 3. The standard InChI is InChI=1S/C28H29BrO5/c1-28(2,3)24-18-22(29)13-16-25(24)33-19-26(30)34-23-14-11-21(12-15-23)27(31)32-17-7-10-20-8-5-4-6-9-20/h4-6,8-9,11-16,18H,7,10,17,19H2,1-3H3. The third kappa shape index (κ3) is 7.73. The van der Waals surface area contributed by atoms with Gasteiger partial charge in [-0.2, -0.15) is 0 Å². The molecule has 3 rings (SSSR count). The minimum Gasteiger partial charge on any atom is -0.482 e. The molecule has 0 N–H and O–H groups in total. The fraction of sp³-hybridized carbons (Fsp3) is 0.286. The Morgan fingerprint density at radius 1 is 0.912 bits per heavy atom. The highest BCUT2D eigenvalue weighted by molar-refractivity contribution is 9.10. The molecule has 0 bridgehead atoms. The summed E-state index contributed by atoms with van der Waals surface area (Å²) in [6, 6.07) is 22.0. The normalized spacial score (nSPS) is 11.1. The van der Waals surface area contributed by atoms with E-state index in [1.165, 1.54) is 5.56 Å². The second-order valence-corrected chi connectivity index (χ2v) is 9.82. The molecular weight excluding hydrogens is 496 g/mol. The molecule has 0 saturated carbocycles. The number of hydrogen-bond acceptors (Lipinski definition) is 5. The Morgan fingerprint density at radius 2 is 1.62 bits per heavy atom. The Hall–Kier alpha value is -3.12. The van der Waals surface area contributed by atoms with Crippen molar-refractivity contribution in [3.63, 3.8) is 0 Å². The Kier molecular flexibility index (Phi) is 8.88. The van der Waals surface area contributed by atoms with Crippen LogP contribution in [0.4, 0.5) is 0 Å². The van der Waals surface area contributed by atoms with Gasteiger partial charge < -0.3 is 14.2 Å². The first kappa shape index (κ1) is 25.5. The molecule has 6 heteroatoms. The van der Waals surface area contributed by atoms with Crippen molar-refractivity contribution < 1.29 is 23.8 Å². The van der Waals surface area contributed by atoms with E-state index in [1.807, 2.05) is 36.4 Å². The summed E-state index contributed by atoms with van der Waals surface area (Å²) in [5.74, 6) is 0.0392. The number of halogens is 1. The van der Waals surface area contributed by atoms with Gasteiger partial charge in [0.25, 0.3) is 0 Å². The van der Waals surface area contributed by atoms with E-state index in [9.17, 15) is 9.59 Å². The first-order chi connectivity index (χ1) is 16.2. The summed E-state index contributed by atoms with van der Waals surface area (Å²) in [4.78, 5) is 24.5. The number of benzene rings is 3. The fourth-order valence-electron chi connectivity index (χ4n) is 3.34.